The maximum Gasteiger partial charge on any atom is 0.647 e. The van der Waals surface area contributed by atoms with Gasteiger partial charge in [-0.05, 0) is 35.0 Å². The average Bonchev–Trinajstić information content (AvgIpc) is 2.80. The molecule has 0 radical (unpaired) electrons. The zero-order chi connectivity index (χ0) is 21.1. The van der Waals surface area contributed by atoms with Crippen molar-refractivity contribution < 1.29 is 18.1 Å². The van der Waals surface area contributed by atoms with Crippen LogP contribution >= 0.6 is 7.82 Å². The molecular weight excluding hydrogens is 407 g/mol. The molecule has 0 aliphatic rings. The van der Waals surface area contributed by atoms with Gasteiger partial charge in [0.15, 0.2) is 0 Å². The highest BCUT2D eigenvalue weighted by molar-refractivity contribution is 7.49. The molecule has 5 heteroatoms. The lowest BCUT2D eigenvalue weighted by molar-refractivity contribution is 0.301. The summed E-state index contributed by atoms with van der Waals surface area (Å²) in [5.74, 6) is 1.25. The van der Waals surface area contributed by atoms with Crippen LogP contribution in [0.3, 0.4) is 0 Å². The van der Waals surface area contributed by atoms with Gasteiger partial charge in [-0.3, -0.25) is 0 Å². The molecule has 0 aliphatic heterocycles. The first kappa shape index (κ1) is 19.2. The Balaban J connectivity index is 1.58. The predicted octanol–water partition coefficient (Wildman–Crippen LogP) is 7.64. The fourth-order valence-electron chi connectivity index (χ4n) is 3.46. The van der Waals surface area contributed by atoms with Gasteiger partial charge in [-0.2, -0.15) is 4.57 Å². The van der Waals surface area contributed by atoms with Crippen LogP contribution in [-0.4, -0.2) is 0 Å². The summed E-state index contributed by atoms with van der Waals surface area (Å²) in [5.41, 5.74) is 0. The van der Waals surface area contributed by atoms with Gasteiger partial charge in [0, 0.05) is 10.8 Å². The summed E-state index contributed by atoms with van der Waals surface area (Å²) in [5, 5.41) is 3.58. The van der Waals surface area contributed by atoms with Crippen molar-refractivity contribution in [2.75, 3.05) is 0 Å². The van der Waals surface area contributed by atoms with Crippen LogP contribution in [0, 0.1) is 0 Å². The van der Waals surface area contributed by atoms with E-state index in [-0.39, 0.29) is 0 Å². The van der Waals surface area contributed by atoms with Crippen molar-refractivity contribution in [1.29, 1.82) is 0 Å². The molecule has 0 saturated carbocycles. The SMILES string of the molecule is O=P(Oc1ccccc1)(Oc1cccc2ccccc12)Oc1cccc2ccccc12. The van der Waals surface area contributed by atoms with Crippen LogP contribution < -0.4 is 13.6 Å². The van der Waals surface area contributed by atoms with Gasteiger partial charge < -0.3 is 13.6 Å². The summed E-state index contributed by atoms with van der Waals surface area (Å²) in [4.78, 5) is 0. The Labute approximate surface area is 180 Å². The van der Waals surface area contributed by atoms with E-state index in [1.54, 1.807) is 36.4 Å². The normalized spacial score (nSPS) is 11.4. The van der Waals surface area contributed by atoms with Gasteiger partial charge in [0.1, 0.15) is 17.2 Å². The van der Waals surface area contributed by atoms with Gasteiger partial charge in [0.2, 0.25) is 0 Å². The highest BCUT2D eigenvalue weighted by Gasteiger charge is 2.34. The molecule has 0 fully saturated rings. The second-order valence-corrected chi connectivity index (χ2v) is 8.43. The van der Waals surface area contributed by atoms with E-state index in [2.05, 4.69) is 0 Å². The number of benzene rings is 5. The third-order valence-corrected chi connectivity index (χ3v) is 6.16. The lowest BCUT2D eigenvalue weighted by atomic mass is 10.1. The van der Waals surface area contributed by atoms with Gasteiger partial charge in [0.25, 0.3) is 0 Å². The van der Waals surface area contributed by atoms with Crippen LogP contribution in [0.4, 0.5) is 0 Å². The van der Waals surface area contributed by atoms with Gasteiger partial charge >= 0.3 is 7.82 Å². The fourth-order valence-corrected chi connectivity index (χ4v) is 4.75. The summed E-state index contributed by atoms with van der Waals surface area (Å²) in [6, 6.07) is 35.5. The van der Waals surface area contributed by atoms with Gasteiger partial charge in [-0.15, -0.1) is 0 Å². The van der Waals surface area contributed by atoms with Gasteiger partial charge in [-0.1, -0.05) is 91.0 Å². The molecule has 0 bridgehead atoms. The van der Waals surface area contributed by atoms with Crippen molar-refractivity contribution >= 4 is 29.4 Å². The third kappa shape index (κ3) is 4.11. The van der Waals surface area contributed by atoms with Crippen molar-refractivity contribution in [2.45, 2.75) is 0 Å². The van der Waals surface area contributed by atoms with Crippen LogP contribution in [0.1, 0.15) is 0 Å². The molecule has 0 heterocycles. The molecule has 0 aromatic heterocycles. The molecule has 0 aliphatic carbocycles. The number of rotatable bonds is 6. The highest BCUT2D eigenvalue weighted by atomic mass is 31.2. The van der Waals surface area contributed by atoms with Crippen LogP contribution in [-0.2, 0) is 4.57 Å². The van der Waals surface area contributed by atoms with Crippen molar-refractivity contribution in [1.82, 2.24) is 0 Å². The fraction of sp³-hybridized carbons (Fsp3) is 0. The molecule has 5 rings (SSSR count). The number of phosphoric acid groups is 1. The molecule has 0 atom stereocenters. The standard InChI is InChI=1S/C26H19O4P/c27-31(28-22-14-2-1-3-15-22,29-25-18-8-12-20-10-4-6-16-23(20)25)30-26-19-9-13-21-11-5-7-17-24(21)26/h1-19H. The second-order valence-electron chi connectivity index (χ2n) is 6.99. The Morgan fingerprint density at radius 1 is 0.452 bits per heavy atom. The number of fused-ring (bicyclic) bond motifs is 2. The van der Waals surface area contributed by atoms with E-state index in [1.807, 2.05) is 78.9 Å². The average molecular weight is 426 g/mol. The first-order valence-corrected chi connectivity index (χ1v) is 11.4. The van der Waals surface area contributed by atoms with Gasteiger partial charge in [0.05, 0.1) is 0 Å². The zero-order valence-electron chi connectivity index (χ0n) is 16.5. The van der Waals surface area contributed by atoms with E-state index in [4.69, 9.17) is 13.6 Å². The Hall–Kier alpha value is -3.75. The maximum atomic E-state index is 13.9. The minimum Gasteiger partial charge on any atom is -0.386 e. The van der Waals surface area contributed by atoms with Crippen molar-refractivity contribution in [2.24, 2.45) is 0 Å². The zero-order valence-corrected chi connectivity index (χ0v) is 17.4. The van der Waals surface area contributed by atoms with E-state index < -0.39 is 7.82 Å². The maximum absolute atomic E-state index is 13.9. The Morgan fingerprint density at radius 2 is 0.903 bits per heavy atom. The van der Waals surface area contributed by atoms with Gasteiger partial charge in [-0.25, -0.2) is 0 Å². The molecule has 0 unspecified atom stereocenters. The highest BCUT2D eigenvalue weighted by Crippen LogP contribution is 2.51. The topological polar surface area (TPSA) is 44.8 Å². The molecule has 0 N–H and O–H groups in total. The quantitative estimate of drug-likeness (QED) is 0.262. The summed E-state index contributed by atoms with van der Waals surface area (Å²) >= 11 is 0. The van der Waals surface area contributed by atoms with E-state index in [0.717, 1.165) is 21.5 Å². The van der Waals surface area contributed by atoms with Crippen LogP contribution in [0.25, 0.3) is 21.5 Å². The van der Waals surface area contributed by atoms with Crippen LogP contribution in [0.2, 0.25) is 0 Å². The van der Waals surface area contributed by atoms with Crippen molar-refractivity contribution in [3.63, 3.8) is 0 Å². The molecule has 31 heavy (non-hydrogen) atoms. The van der Waals surface area contributed by atoms with E-state index >= 15 is 0 Å². The summed E-state index contributed by atoms with van der Waals surface area (Å²) in [6.45, 7) is 0. The second kappa shape index (κ2) is 8.17. The number of hydrogen-bond acceptors (Lipinski definition) is 4. The first-order valence-electron chi connectivity index (χ1n) is 9.90. The van der Waals surface area contributed by atoms with Crippen LogP contribution in [0.15, 0.2) is 115 Å². The van der Waals surface area contributed by atoms with E-state index in [9.17, 15) is 4.57 Å². The summed E-state index contributed by atoms with van der Waals surface area (Å²) in [7, 11) is -4.09. The molecule has 0 saturated heterocycles. The number of hydrogen-bond donors (Lipinski definition) is 0. The monoisotopic (exact) mass is 426 g/mol. The molecule has 5 aromatic carbocycles. The molecule has 5 aromatic rings. The van der Waals surface area contributed by atoms with Crippen molar-refractivity contribution in [3.8, 4) is 17.2 Å². The number of para-hydroxylation sites is 1. The Bertz CT molecular complexity index is 1300. The minimum absolute atomic E-state index is 0.395. The Morgan fingerprint density at radius 3 is 1.45 bits per heavy atom. The summed E-state index contributed by atoms with van der Waals surface area (Å²) in [6.07, 6.45) is 0. The van der Waals surface area contributed by atoms with E-state index in [0.29, 0.717) is 17.2 Å². The molecule has 152 valence electrons. The van der Waals surface area contributed by atoms with E-state index in [1.165, 1.54) is 0 Å². The molecule has 0 amide bonds. The molecule has 0 spiro atoms. The molecule has 4 nitrogen and oxygen atoms in total. The van der Waals surface area contributed by atoms with Crippen LogP contribution in [0.5, 0.6) is 17.2 Å². The van der Waals surface area contributed by atoms with Crippen molar-refractivity contribution in [3.05, 3.63) is 115 Å². The largest absolute Gasteiger partial charge is 0.647 e. The first-order chi connectivity index (χ1) is 15.2. The summed E-state index contributed by atoms with van der Waals surface area (Å²) < 4.78 is 31.7. The smallest absolute Gasteiger partial charge is 0.386 e. The number of phosphoric ester groups is 1. The molecular formula is C26H19O4P. The third-order valence-electron chi connectivity index (χ3n) is 4.88. The lowest BCUT2D eigenvalue weighted by Crippen LogP contribution is -2.08. The predicted molar refractivity (Wildman–Crippen MR) is 124 cm³/mol. The Kier molecular flexibility index (Phi) is 5.07. The minimum atomic E-state index is -4.09. The lowest BCUT2D eigenvalue weighted by Gasteiger charge is -2.21.